The van der Waals surface area contributed by atoms with E-state index >= 15 is 0 Å². The second-order valence-corrected chi connectivity index (χ2v) is 6.36. The molecule has 2 heteroatoms. The summed E-state index contributed by atoms with van der Waals surface area (Å²) in [4.78, 5) is 0. The van der Waals surface area contributed by atoms with Gasteiger partial charge in [0.2, 0.25) is 0 Å². The van der Waals surface area contributed by atoms with Crippen LogP contribution in [0.25, 0.3) is 0 Å². The van der Waals surface area contributed by atoms with Gasteiger partial charge in [-0.15, -0.1) is 0 Å². The van der Waals surface area contributed by atoms with Crippen molar-refractivity contribution in [3.8, 4) is 0 Å². The zero-order valence-electron chi connectivity index (χ0n) is 8.81. The lowest BCUT2D eigenvalue weighted by Crippen LogP contribution is -2.31. The lowest BCUT2D eigenvalue weighted by molar-refractivity contribution is 0.341. The molecule has 2 rings (SSSR count). The zero-order valence-corrected chi connectivity index (χ0v) is 9.62. The number of rotatable bonds is 1. The third-order valence-corrected chi connectivity index (χ3v) is 4.72. The summed E-state index contributed by atoms with van der Waals surface area (Å²) >= 11 is 2.16. The largest absolute Gasteiger partial charge is 0.311 e. The summed E-state index contributed by atoms with van der Waals surface area (Å²) < 4.78 is 0. The fourth-order valence-corrected chi connectivity index (χ4v) is 3.96. The molecule has 76 valence electrons. The summed E-state index contributed by atoms with van der Waals surface area (Å²) in [6.07, 6.45) is 4.32. The highest BCUT2D eigenvalue weighted by Gasteiger charge is 2.35. The molecule has 2 unspecified atom stereocenters. The Balaban J connectivity index is 1.87. The average molecular weight is 199 g/mol. The molecule has 0 bridgehead atoms. The number of hydrogen-bond acceptors (Lipinski definition) is 2. The predicted molar refractivity (Wildman–Crippen MR) is 60.2 cm³/mol. The van der Waals surface area contributed by atoms with Crippen LogP contribution in [0.3, 0.4) is 0 Å². The summed E-state index contributed by atoms with van der Waals surface area (Å²) in [5.74, 6) is 4.79. The van der Waals surface area contributed by atoms with Crippen LogP contribution in [0.5, 0.6) is 0 Å². The van der Waals surface area contributed by atoms with E-state index in [0.29, 0.717) is 5.54 Å². The van der Waals surface area contributed by atoms with Gasteiger partial charge in [0.25, 0.3) is 0 Å². The van der Waals surface area contributed by atoms with Crippen LogP contribution in [0.15, 0.2) is 0 Å². The molecule has 1 N–H and O–H groups in total. The standard InChI is InChI=1S/C11H21NS/c1-11(2)6-10(7-12-11)9-4-3-5-13-8-9/h9-10,12H,3-8H2,1-2H3. The van der Waals surface area contributed by atoms with E-state index in [1.54, 1.807) is 0 Å². The molecule has 0 spiro atoms. The van der Waals surface area contributed by atoms with Gasteiger partial charge in [0, 0.05) is 5.54 Å². The molecule has 2 fully saturated rings. The number of thioether (sulfide) groups is 1. The van der Waals surface area contributed by atoms with E-state index < -0.39 is 0 Å². The Morgan fingerprint density at radius 3 is 2.69 bits per heavy atom. The molecule has 0 aromatic rings. The van der Waals surface area contributed by atoms with Crippen LogP contribution in [0.4, 0.5) is 0 Å². The van der Waals surface area contributed by atoms with Crippen LogP contribution in [0, 0.1) is 11.8 Å². The molecule has 0 aromatic carbocycles. The minimum atomic E-state index is 0.410. The summed E-state index contributed by atoms with van der Waals surface area (Å²) in [6.45, 7) is 5.93. The fourth-order valence-electron chi connectivity index (χ4n) is 2.68. The molecule has 2 saturated heterocycles. The van der Waals surface area contributed by atoms with Crippen molar-refractivity contribution >= 4 is 11.8 Å². The quantitative estimate of drug-likeness (QED) is 0.696. The normalized spacial score (nSPS) is 39.2. The van der Waals surface area contributed by atoms with Gasteiger partial charge in [-0.05, 0) is 63.0 Å². The average Bonchev–Trinajstić information content (AvgIpc) is 2.48. The van der Waals surface area contributed by atoms with E-state index in [0.717, 1.165) is 11.8 Å². The molecule has 0 radical (unpaired) electrons. The predicted octanol–water partition coefficient (Wildman–Crippen LogP) is 2.52. The van der Waals surface area contributed by atoms with Crippen molar-refractivity contribution in [2.75, 3.05) is 18.1 Å². The first kappa shape index (κ1) is 9.85. The monoisotopic (exact) mass is 199 g/mol. The fraction of sp³-hybridized carbons (Fsp3) is 1.00. The molecular weight excluding hydrogens is 178 g/mol. The van der Waals surface area contributed by atoms with Crippen molar-refractivity contribution in [2.45, 2.75) is 38.6 Å². The Hall–Kier alpha value is 0.310. The van der Waals surface area contributed by atoms with Gasteiger partial charge >= 0.3 is 0 Å². The van der Waals surface area contributed by atoms with Gasteiger partial charge in [-0.25, -0.2) is 0 Å². The van der Waals surface area contributed by atoms with Crippen LogP contribution >= 0.6 is 11.8 Å². The Morgan fingerprint density at radius 1 is 1.31 bits per heavy atom. The van der Waals surface area contributed by atoms with E-state index in [9.17, 15) is 0 Å². The van der Waals surface area contributed by atoms with Gasteiger partial charge in [0.1, 0.15) is 0 Å². The van der Waals surface area contributed by atoms with Crippen LogP contribution in [-0.4, -0.2) is 23.6 Å². The van der Waals surface area contributed by atoms with Crippen molar-refractivity contribution in [1.29, 1.82) is 0 Å². The van der Waals surface area contributed by atoms with Crippen LogP contribution in [-0.2, 0) is 0 Å². The first-order valence-electron chi connectivity index (χ1n) is 5.50. The Morgan fingerprint density at radius 2 is 2.15 bits per heavy atom. The highest BCUT2D eigenvalue weighted by Crippen LogP contribution is 2.35. The second kappa shape index (κ2) is 3.82. The van der Waals surface area contributed by atoms with Gasteiger partial charge in [-0.1, -0.05) is 0 Å². The first-order chi connectivity index (χ1) is 6.17. The smallest absolute Gasteiger partial charge is 0.0128 e. The maximum absolute atomic E-state index is 3.63. The van der Waals surface area contributed by atoms with Crippen LogP contribution < -0.4 is 5.32 Å². The third-order valence-electron chi connectivity index (χ3n) is 3.48. The third kappa shape index (κ3) is 2.41. The molecule has 2 atom stereocenters. The van der Waals surface area contributed by atoms with Crippen LogP contribution in [0.1, 0.15) is 33.1 Å². The summed E-state index contributed by atoms with van der Waals surface area (Å²) in [5, 5.41) is 3.63. The highest BCUT2D eigenvalue weighted by molar-refractivity contribution is 7.99. The summed E-state index contributed by atoms with van der Waals surface area (Å²) in [5.41, 5.74) is 0.410. The first-order valence-corrected chi connectivity index (χ1v) is 6.66. The van der Waals surface area contributed by atoms with Gasteiger partial charge < -0.3 is 5.32 Å². The Kier molecular flexibility index (Phi) is 2.89. The molecule has 2 aliphatic heterocycles. The Bertz CT molecular complexity index is 173. The molecular formula is C11H21NS. The van der Waals surface area contributed by atoms with E-state index in [2.05, 4.69) is 30.9 Å². The van der Waals surface area contributed by atoms with Crippen molar-refractivity contribution in [3.63, 3.8) is 0 Å². The Labute approximate surface area is 86.0 Å². The molecule has 13 heavy (non-hydrogen) atoms. The maximum Gasteiger partial charge on any atom is 0.0128 e. The molecule has 2 heterocycles. The topological polar surface area (TPSA) is 12.0 Å². The molecule has 2 aliphatic rings. The van der Waals surface area contributed by atoms with E-state index in [4.69, 9.17) is 0 Å². The lowest BCUT2D eigenvalue weighted by Gasteiger charge is -2.27. The van der Waals surface area contributed by atoms with Gasteiger partial charge in [0.15, 0.2) is 0 Å². The maximum atomic E-state index is 3.63. The summed E-state index contributed by atoms with van der Waals surface area (Å²) in [7, 11) is 0. The zero-order chi connectivity index (χ0) is 9.31. The van der Waals surface area contributed by atoms with Crippen molar-refractivity contribution in [1.82, 2.24) is 5.32 Å². The molecule has 0 saturated carbocycles. The van der Waals surface area contributed by atoms with Gasteiger partial charge in [-0.2, -0.15) is 11.8 Å². The summed E-state index contributed by atoms with van der Waals surface area (Å²) in [6, 6.07) is 0. The molecule has 1 nitrogen and oxygen atoms in total. The van der Waals surface area contributed by atoms with E-state index in [1.807, 2.05) is 0 Å². The second-order valence-electron chi connectivity index (χ2n) is 5.21. The molecule has 0 aromatic heterocycles. The SMILES string of the molecule is CC1(C)CC(C2CCCSC2)CN1. The van der Waals surface area contributed by atoms with Gasteiger partial charge in [0.05, 0.1) is 0 Å². The number of hydrogen-bond donors (Lipinski definition) is 1. The lowest BCUT2D eigenvalue weighted by atomic mass is 9.85. The molecule has 0 aliphatic carbocycles. The van der Waals surface area contributed by atoms with Crippen molar-refractivity contribution in [2.24, 2.45) is 11.8 Å². The minimum Gasteiger partial charge on any atom is -0.311 e. The van der Waals surface area contributed by atoms with Crippen molar-refractivity contribution in [3.05, 3.63) is 0 Å². The molecule has 0 amide bonds. The number of nitrogens with one attached hydrogen (secondary N) is 1. The van der Waals surface area contributed by atoms with Crippen LogP contribution in [0.2, 0.25) is 0 Å². The highest BCUT2D eigenvalue weighted by atomic mass is 32.2. The van der Waals surface area contributed by atoms with E-state index in [1.165, 1.54) is 37.3 Å². The van der Waals surface area contributed by atoms with Gasteiger partial charge in [-0.3, -0.25) is 0 Å². The van der Waals surface area contributed by atoms with E-state index in [-0.39, 0.29) is 0 Å². The van der Waals surface area contributed by atoms with Crippen molar-refractivity contribution < 1.29 is 0 Å². The minimum absolute atomic E-state index is 0.410.